The van der Waals surface area contributed by atoms with E-state index in [1.165, 1.54) is 0 Å². The van der Waals surface area contributed by atoms with Crippen molar-refractivity contribution < 1.29 is 0 Å². The molecule has 1 aromatic carbocycles. The number of hydrogen-bond acceptors (Lipinski definition) is 3. The lowest BCUT2D eigenvalue weighted by atomic mass is 10.1. The molecule has 82 valence electrons. The smallest absolute Gasteiger partial charge is 0.267 e. The van der Waals surface area contributed by atoms with Gasteiger partial charge < -0.3 is 5.73 Å². The van der Waals surface area contributed by atoms with Crippen molar-refractivity contribution in [2.45, 2.75) is 0 Å². The van der Waals surface area contributed by atoms with Gasteiger partial charge in [0.25, 0.3) is 5.56 Å². The average molecular weight is 301 g/mol. The molecule has 0 atom stereocenters. The van der Waals surface area contributed by atoms with E-state index < -0.39 is 0 Å². The number of aromatic amines is 1. The van der Waals surface area contributed by atoms with Gasteiger partial charge in [-0.1, -0.05) is 23.7 Å². The Kier molecular flexibility index (Phi) is 2.98. The van der Waals surface area contributed by atoms with Crippen LogP contribution in [0.3, 0.4) is 0 Å². The van der Waals surface area contributed by atoms with Crippen molar-refractivity contribution in [2.24, 2.45) is 0 Å². The molecule has 0 amide bonds. The zero-order chi connectivity index (χ0) is 11.7. The largest absolute Gasteiger partial charge is 0.369 e. The van der Waals surface area contributed by atoms with Gasteiger partial charge in [-0.2, -0.15) is 0 Å². The minimum Gasteiger partial charge on any atom is -0.369 e. The molecule has 0 saturated carbocycles. The maximum Gasteiger partial charge on any atom is 0.267 e. The van der Waals surface area contributed by atoms with Gasteiger partial charge in [0.05, 0.1) is 5.69 Å². The molecule has 0 fully saturated rings. The molecule has 6 heteroatoms. The second kappa shape index (κ2) is 4.27. The number of halogens is 2. The van der Waals surface area contributed by atoms with Crippen LogP contribution in [0, 0.1) is 0 Å². The maximum atomic E-state index is 11.5. The van der Waals surface area contributed by atoms with Crippen molar-refractivity contribution in [3.63, 3.8) is 0 Å². The molecule has 0 unspecified atom stereocenters. The summed E-state index contributed by atoms with van der Waals surface area (Å²) in [7, 11) is 0. The lowest BCUT2D eigenvalue weighted by Crippen LogP contribution is -2.13. The Balaban J connectivity index is 2.64. The van der Waals surface area contributed by atoms with Crippen LogP contribution >= 0.6 is 27.5 Å². The van der Waals surface area contributed by atoms with Crippen molar-refractivity contribution in [1.82, 2.24) is 9.97 Å². The van der Waals surface area contributed by atoms with E-state index in [1.807, 2.05) is 0 Å². The van der Waals surface area contributed by atoms with E-state index in [0.717, 1.165) is 5.56 Å². The van der Waals surface area contributed by atoms with Crippen molar-refractivity contribution in [1.29, 1.82) is 0 Å². The number of nitrogens with zero attached hydrogens (tertiary/aromatic N) is 1. The van der Waals surface area contributed by atoms with Gasteiger partial charge in [-0.3, -0.25) is 9.78 Å². The Morgan fingerprint density at radius 2 is 1.94 bits per heavy atom. The van der Waals surface area contributed by atoms with E-state index in [-0.39, 0.29) is 11.5 Å². The van der Waals surface area contributed by atoms with Gasteiger partial charge >= 0.3 is 0 Å². The van der Waals surface area contributed by atoms with Gasteiger partial charge in [0.15, 0.2) is 0 Å². The number of benzene rings is 1. The first kappa shape index (κ1) is 11.2. The predicted octanol–water partition coefficient (Wildman–Crippen LogP) is 2.43. The number of rotatable bonds is 1. The summed E-state index contributed by atoms with van der Waals surface area (Å²) < 4.78 is 0.351. The molecule has 0 aliphatic rings. The van der Waals surface area contributed by atoms with Crippen LogP contribution < -0.4 is 11.3 Å². The number of hydrogen-bond donors (Lipinski definition) is 2. The normalized spacial score (nSPS) is 10.4. The Labute approximate surface area is 105 Å². The van der Waals surface area contributed by atoms with Crippen LogP contribution in [0.15, 0.2) is 33.5 Å². The molecule has 2 aromatic rings. The first-order valence-corrected chi connectivity index (χ1v) is 5.56. The van der Waals surface area contributed by atoms with Crippen LogP contribution in [0.25, 0.3) is 11.3 Å². The molecule has 0 saturated heterocycles. The Bertz CT molecular complexity index is 580. The number of nitrogens with one attached hydrogen (secondary N) is 1. The van der Waals surface area contributed by atoms with Crippen molar-refractivity contribution in [3.8, 4) is 11.3 Å². The summed E-state index contributed by atoms with van der Waals surface area (Å²) in [5.41, 5.74) is 6.44. The molecule has 1 heterocycles. The molecular formula is C10H7BrClN3O. The SMILES string of the molecule is Nc1nc(-c2ccc(Cl)cc2)c(Br)c(=O)[nH]1. The third-order valence-electron chi connectivity index (χ3n) is 2.00. The van der Waals surface area contributed by atoms with Crippen LogP contribution in [-0.4, -0.2) is 9.97 Å². The van der Waals surface area contributed by atoms with Crippen molar-refractivity contribution in [2.75, 3.05) is 5.73 Å². The molecule has 0 radical (unpaired) electrons. The lowest BCUT2D eigenvalue weighted by molar-refractivity contribution is 1.12. The number of aromatic nitrogens is 2. The molecule has 4 nitrogen and oxygen atoms in total. The molecule has 2 rings (SSSR count). The Morgan fingerprint density at radius 3 is 2.56 bits per heavy atom. The highest BCUT2D eigenvalue weighted by Crippen LogP contribution is 2.24. The fraction of sp³-hybridized carbons (Fsp3) is 0. The molecule has 0 aliphatic carbocycles. The monoisotopic (exact) mass is 299 g/mol. The van der Waals surface area contributed by atoms with E-state index in [1.54, 1.807) is 24.3 Å². The molecule has 0 bridgehead atoms. The van der Waals surface area contributed by atoms with Gasteiger partial charge in [-0.05, 0) is 28.1 Å². The molecule has 0 aliphatic heterocycles. The van der Waals surface area contributed by atoms with Crippen LogP contribution in [0.4, 0.5) is 5.95 Å². The first-order valence-electron chi connectivity index (χ1n) is 4.39. The quantitative estimate of drug-likeness (QED) is 0.849. The third-order valence-corrected chi connectivity index (χ3v) is 2.99. The van der Waals surface area contributed by atoms with Crippen LogP contribution in [0.1, 0.15) is 0 Å². The summed E-state index contributed by atoms with van der Waals surface area (Å²) in [5.74, 6) is 0.0816. The molecule has 1 aromatic heterocycles. The predicted molar refractivity (Wildman–Crippen MR) is 67.4 cm³/mol. The van der Waals surface area contributed by atoms with E-state index in [4.69, 9.17) is 17.3 Å². The first-order chi connectivity index (χ1) is 7.58. The molecule has 16 heavy (non-hydrogen) atoms. The van der Waals surface area contributed by atoms with Gasteiger partial charge in [0, 0.05) is 10.6 Å². The summed E-state index contributed by atoms with van der Waals surface area (Å²) in [6, 6.07) is 6.99. The summed E-state index contributed by atoms with van der Waals surface area (Å²) in [6.07, 6.45) is 0. The van der Waals surface area contributed by atoms with Gasteiger partial charge in [-0.15, -0.1) is 0 Å². The van der Waals surface area contributed by atoms with Crippen molar-refractivity contribution in [3.05, 3.63) is 44.1 Å². The summed E-state index contributed by atoms with van der Waals surface area (Å²) in [4.78, 5) is 17.9. The summed E-state index contributed by atoms with van der Waals surface area (Å²) in [6.45, 7) is 0. The van der Waals surface area contributed by atoms with Crippen LogP contribution in [-0.2, 0) is 0 Å². The highest BCUT2D eigenvalue weighted by molar-refractivity contribution is 9.10. The Morgan fingerprint density at radius 1 is 1.31 bits per heavy atom. The van der Waals surface area contributed by atoms with E-state index in [2.05, 4.69) is 25.9 Å². The second-order valence-electron chi connectivity index (χ2n) is 3.12. The minimum absolute atomic E-state index is 0.0816. The number of nitrogen functional groups attached to an aromatic ring is 1. The lowest BCUT2D eigenvalue weighted by Gasteiger charge is -2.04. The fourth-order valence-electron chi connectivity index (χ4n) is 1.28. The second-order valence-corrected chi connectivity index (χ2v) is 4.35. The highest BCUT2D eigenvalue weighted by atomic mass is 79.9. The van der Waals surface area contributed by atoms with Gasteiger partial charge in [0.2, 0.25) is 5.95 Å². The molecular weight excluding hydrogens is 293 g/mol. The minimum atomic E-state index is -0.308. The van der Waals surface area contributed by atoms with E-state index in [0.29, 0.717) is 15.2 Å². The summed E-state index contributed by atoms with van der Waals surface area (Å²) >= 11 is 8.95. The number of H-pyrrole nitrogens is 1. The average Bonchev–Trinajstić information content (AvgIpc) is 2.25. The maximum absolute atomic E-state index is 11.5. The molecule has 3 N–H and O–H groups in total. The highest BCUT2D eigenvalue weighted by Gasteiger charge is 2.09. The fourth-order valence-corrected chi connectivity index (χ4v) is 1.82. The standard InChI is InChI=1S/C10H7BrClN3O/c11-7-8(14-10(13)15-9(7)16)5-1-3-6(12)4-2-5/h1-4H,(H3,13,14,15,16). The zero-order valence-electron chi connectivity index (χ0n) is 8.00. The summed E-state index contributed by atoms with van der Waals surface area (Å²) in [5, 5.41) is 0.623. The van der Waals surface area contributed by atoms with E-state index in [9.17, 15) is 4.79 Å². The van der Waals surface area contributed by atoms with Crippen molar-refractivity contribution >= 4 is 33.5 Å². The number of anilines is 1. The third kappa shape index (κ3) is 2.10. The van der Waals surface area contributed by atoms with Gasteiger partial charge in [0.1, 0.15) is 4.47 Å². The van der Waals surface area contributed by atoms with Gasteiger partial charge in [-0.25, -0.2) is 4.98 Å². The molecule has 0 spiro atoms. The van der Waals surface area contributed by atoms with E-state index >= 15 is 0 Å². The zero-order valence-corrected chi connectivity index (χ0v) is 10.3. The Hall–Kier alpha value is -1.33. The van der Waals surface area contributed by atoms with Crippen LogP contribution in [0.5, 0.6) is 0 Å². The number of nitrogens with two attached hydrogens (primary N) is 1. The van der Waals surface area contributed by atoms with Crippen LogP contribution in [0.2, 0.25) is 5.02 Å². The topological polar surface area (TPSA) is 71.8 Å².